The predicted molar refractivity (Wildman–Crippen MR) is 66.8 cm³/mol. The van der Waals surface area contributed by atoms with Crippen LogP contribution in [0.25, 0.3) is 0 Å². The van der Waals surface area contributed by atoms with E-state index in [0.29, 0.717) is 5.57 Å². The second kappa shape index (κ2) is 6.26. The molecule has 0 aliphatic rings. The van der Waals surface area contributed by atoms with Gasteiger partial charge < -0.3 is 5.32 Å². The topological polar surface area (TPSA) is 29.1 Å². The zero-order chi connectivity index (χ0) is 11.8. The van der Waals surface area contributed by atoms with Crippen LogP contribution in [0.3, 0.4) is 0 Å². The van der Waals surface area contributed by atoms with Crippen LogP contribution in [0.15, 0.2) is 54.1 Å². The monoisotopic (exact) mass is 211 g/mol. The molecule has 1 aromatic rings. The van der Waals surface area contributed by atoms with Gasteiger partial charge in [-0.25, -0.2) is 0 Å². The highest BCUT2D eigenvalue weighted by atomic mass is 16.1. The van der Waals surface area contributed by atoms with Crippen LogP contribution < -0.4 is 5.32 Å². The lowest BCUT2D eigenvalue weighted by atomic mass is 10.2. The summed E-state index contributed by atoms with van der Waals surface area (Å²) in [5.41, 5.74) is 1.31. The Morgan fingerprint density at radius 2 is 2.06 bits per heavy atom. The lowest BCUT2D eigenvalue weighted by molar-refractivity contribution is -0.112. The van der Waals surface area contributed by atoms with E-state index in [2.05, 4.69) is 11.2 Å². The van der Waals surface area contributed by atoms with Gasteiger partial charge in [0, 0.05) is 11.3 Å². The number of benzene rings is 1. The Labute approximate surface area is 95.7 Å². The molecule has 16 heavy (non-hydrogen) atoms. The molecule has 0 bridgehead atoms. The highest BCUT2D eigenvalue weighted by molar-refractivity contribution is 6.05. The van der Waals surface area contributed by atoms with Crippen molar-refractivity contribution in [2.24, 2.45) is 0 Å². The standard InChI is InChI=1S/C14H13NO/c1-3-5-9-12(4-2)14(16)15-13-10-7-6-8-11-13/h1,4-11H,2H3,(H,15,16)/b9-5-,12-4+. The molecule has 0 aliphatic heterocycles. The third-order valence-electron chi connectivity index (χ3n) is 1.96. The zero-order valence-corrected chi connectivity index (χ0v) is 9.10. The molecule has 0 spiro atoms. The molecule has 0 aromatic heterocycles. The van der Waals surface area contributed by atoms with Crippen molar-refractivity contribution in [3.05, 3.63) is 54.1 Å². The molecule has 0 atom stereocenters. The van der Waals surface area contributed by atoms with Crippen molar-refractivity contribution in [3.63, 3.8) is 0 Å². The van der Waals surface area contributed by atoms with E-state index in [1.807, 2.05) is 30.3 Å². The number of para-hydroxylation sites is 1. The summed E-state index contributed by atoms with van der Waals surface area (Å²) in [5.74, 6) is 2.18. The molecule has 0 radical (unpaired) electrons. The van der Waals surface area contributed by atoms with E-state index in [1.54, 1.807) is 19.1 Å². The fraction of sp³-hybridized carbons (Fsp3) is 0.0714. The molecule has 1 rings (SSSR count). The lowest BCUT2D eigenvalue weighted by Gasteiger charge is -2.04. The second-order valence-corrected chi connectivity index (χ2v) is 3.06. The molecule has 1 aromatic carbocycles. The highest BCUT2D eigenvalue weighted by Gasteiger charge is 2.04. The molecule has 1 N–H and O–H groups in total. The van der Waals surface area contributed by atoms with Gasteiger partial charge in [-0.2, -0.15) is 0 Å². The van der Waals surface area contributed by atoms with Crippen molar-refractivity contribution in [1.82, 2.24) is 0 Å². The predicted octanol–water partition coefficient (Wildman–Crippen LogP) is 2.76. The Bertz CT molecular complexity index is 449. The summed E-state index contributed by atoms with van der Waals surface area (Å²) in [6, 6.07) is 9.28. The van der Waals surface area contributed by atoms with E-state index in [1.165, 1.54) is 6.08 Å². The summed E-state index contributed by atoms with van der Waals surface area (Å²) < 4.78 is 0. The molecule has 0 saturated heterocycles. The van der Waals surface area contributed by atoms with Crippen LogP contribution in [0, 0.1) is 12.3 Å². The molecule has 1 amide bonds. The molecule has 0 fully saturated rings. The maximum absolute atomic E-state index is 11.8. The number of amides is 1. The Morgan fingerprint density at radius 1 is 1.38 bits per heavy atom. The third kappa shape index (κ3) is 3.47. The van der Waals surface area contributed by atoms with E-state index in [9.17, 15) is 4.79 Å². The summed E-state index contributed by atoms with van der Waals surface area (Å²) in [6.07, 6.45) is 9.91. The van der Waals surface area contributed by atoms with E-state index < -0.39 is 0 Å². The van der Waals surface area contributed by atoms with E-state index in [4.69, 9.17) is 6.42 Å². The van der Waals surface area contributed by atoms with Gasteiger partial charge in [0.25, 0.3) is 5.91 Å². The Kier molecular flexibility index (Phi) is 4.62. The van der Waals surface area contributed by atoms with Gasteiger partial charge in [0.15, 0.2) is 0 Å². The minimum absolute atomic E-state index is 0.166. The van der Waals surface area contributed by atoms with Crippen LogP contribution in [-0.2, 0) is 4.79 Å². The third-order valence-corrected chi connectivity index (χ3v) is 1.96. The normalized spacial score (nSPS) is 11.1. The second-order valence-electron chi connectivity index (χ2n) is 3.06. The van der Waals surface area contributed by atoms with Crippen LogP contribution in [0.4, 0.5) is 5.69 Å². The molecule has 2 heteroatoms. The van der Waals surface area contributed by atoms with Gasteiger partial charge in [0.2, 0.25) is 0 Å². The molecule has 0 heterocycles. The smallest absolute Gasteiger partial charge is 0.255 e. The SMILES string of the molecule is C#C/C=C\C(=C/C)C(=O)Nc1ccccc1. The first-order valence-electron chi connectivity index (χ1n) is 4.93. The van der Waals surface area contributed by atoms with Gasteiger partial charge in [-0.05, 0) is 31.2 Å². The molecule has 0 aliphatic carbocycles. The maximum atomic E-state index is 11.8. The van der Waals surface area contributed by atoms with Gasteiger partial charge in [-0.1, -0.05) is 30.2 Å². The number of anilines is 1. The number of hydrogen-bond donors (Lipinski definition) is 1. The average Bonchev–Trinajstić information content (AvgIpc) is 2.31. The van der Waals surface area contributed by atoms with Gasteiger partial charge >= 0.3 is 0 Å². The van der Waals surface area contributed by atoms with Gasteiger partial charge in [-0.15, -0.1) is 6.42 Å². The van der Waals surface area contributed by atoms with Crippen molar-refractivity contribution < 1.29 is 4.79 Å². The Balaban J connectivity index is 2.73. The average molecular weight is 211 g/mol. The largest absolute Gasteiger partial charge is 0.322 e. The van der Waals surface area contributed by atoms with Gasteiger partial charge in [0.1, 0.15) is 0 Å². The van der Waals surface area contributed by atoms with Crippen molar-refractivity contribution >= 4 is 11.6 Å². The fourth-order valence-electron chi connectivity index (χ4n) is 1.17. The summed E-state index contributed by atoms with van der Waals surface area (Å²) >= 11 is 0. The van der Waals surface area contributed by atoms with Crippen molar-refractivity contribution in [2.75, 3.05) is 5.32 Å². The molecular weight excluding hydrogens is 198 g/mol. The number of terminal acetylenes is 1. The Hall–Kier alpha value is -2.27. The first-order chi connectivity index (χ1) is 7.77. The number of carbonyl (C=O) groups is 1. The molecule has 0 saturated carbocycles. The molecule has 0 unspecified atom stereocenters. The summed E-state index contributed by atoms with van der Waals surface area (Å²) in [4.78, 5) is 11.8. The quantitative estimate of drug-likeness (QED) is 0.465. The van der Waals surface area contributed by atoms with Crippen molar-refractivity contribution in [2.45, 2.75) is 6.92 Å². The minimum atomic E-state index is -0.166. The summed E-state index contributed by atoms with van der Waals surface area (Å²) in [6.45, 7) is 1.79. The number of carbonyl (C=O) groups excluding carboxylic acids is 1. The Morgan fingerprint density at radius 3 is 2.62 bits per heavy atom. The number of allylic oxidation sites excluding steroid dienone is 2. The van der Waals surface area contributed by atoms with Crippen molar-refractivity contribution in [1.29, 1.82) is 0 Å². The van der Waals surface area contributed by atoms with Crippen LogP contribution in [0.1, 0.15) is 6.92 Å². The number of nitrogens with one attached hydrogen (secondary N) is 1. The maximum Gasteiger partial charge on any atom is 0.255 e. The first-order valence-corrected chi connectivity index (χ1v) is 4.93. The minimum Gasteiger partial charge on any atom is -0.322 e. The van der Waals surface area contributed by atoms with Crippen LogP contribution >= 0.6 is 0 Å². The summed E-state index contributed by atoms with van der Waals surface area (Å²) in [7, 11) is 0. The molecular formula is C14H13NO. The van der Waals surface area contributed by atoms with E-state index in [-0.39, 0.29) is 5.91 Å². The fourth-order valence-corrected chi connectivity index (χ4v) is 1.17. The molecule has 80 valence electrons. The van der Waals surface area contributed by atoms with Crippen LogP contribution in [0.5, 0.6) is 0 Å². The highest BCUT2D eigenvalue weighted by Crippen LogP contribution is 2.08. The number of hydrogen-bond acceptors (Lipinski definition) is 1. The van der Waals surface area contributed by atoms with E-state index in [0.717, 1.165) is 5.69 Å². The van der Waals surface area contributed by atoms with Crippen LogP contribution in [0.2, 0.25) is 0 Å². The molecule has 2 nitrogen and oxygen atoms in total. The lowest BCUT2D eigenvalue weighted by Crippen LogP contribution is -2.12. The zero-order valence-electron chi connectivity index (χ0n) is 9.10. The van der Waals surface area contributed by atoms with Crippen LogP contribution in [-0.4, -0.2) is 5.91 Å². The first kappa shape index (κ1) is 11.8. The van der Waals surface area contributed by atoms with Gasteiger partial charge in [-0.3, -0.25) is 4.79 Å². The van der Waals surface area contributed by atoms with E-state index >= 15 is 0 Å². The summed E-state index contributed by atoms with van der Waals surface area (Å²) in [5, 5.41) is 2.77. The number of rotatable bonds is 3. The van der Waals surface area contributed by atoms with Crippen molar-refractivity contribution in [3.8, 4) is 12.3 Å². The van der Waals surface area contributed by atoms with Gasteiger partial charge in [0.05, 0.1) is 0 Å².